The summed E-state index contributed by atoms with van der Waals surface area (Å²) < 4.78 is 0. The van der Waals surface area contributed by atoms with Crippen molar-refractivity contribution >= 4 is 18.0 Å². The zero-order valence-electron chi connectivity index (χ0n) is 6.64. The third-order valence-electron chi connectivity index (χ3n) is 1.73. The van der Waals surface area contributed by atoms with Crippen molar-refractivity contribution in [3.63, 3.8) is 0 Å². The minimum atomic E-state index is 1.03. The molecule has 1 nitrogen and oxygen atoms in total. The van der Waals surface area contributed by atoms with Gasteiger partial charge in [0.1, 0.15) is 0 Å². The van der Waals surface area contributed by atoms with Crippen LogP contribution in [0.25, 0.3) is 6.08 Å². The number of hydrogen-bond donors (Lipinski definition) is 0. The first kappa shape index (κ1) is 7.04. The minimum absolute atomic E-state index is 1.03. The van der Waals surface area contributed by atoms with E-state index >= 15 is 0 Å². The lowest BCUT2D eigenvalue weighted by molar-refractivity contribution is 1.51. The highest BCUT2D eigenvalue weighted by atomic mass is 14.7. The molecule has 12 heavy (non-hydrogen) atoms. The fourth-order valence-corrected chi connectivity index (χ4v) is 1.14. The number of fused-ring (bicyclic) bond motifs is 1. The topological polar surface area (TPSA) is 12.4 Å². The quantitative estimate of drug-likeness (QED) is 0.546. The first-order valence-corrected chi connectivity index (χ1v) is 3.93. The minimum Gasteiger partial charge on any atom is -0.256 e. The molecule has 0 N–H and O–H groups in total. The number of aliphatic imine (C=N–C) groups is 1. The Labute approximate surface area is 71.8 Å². The molecule has 0 saturated carbocycles. The Balaban J connectivity index is 2.54. The molecule has 1 aliphatic heterocycles. The van der Waals surface area contributed by atoms with E-state index in [-0.39, 0.29) is 0 Å². The number of benzene rings is 1. The van der Waals surface area contributed by atoms with Crippen molar-refractivity contribution in [1.29, 1.82) is 0 Å². The van der Waals surface area contributed by atoms with Crippen molar-refractivity contribution < 1.29 is 0 Å². The molecule has 2 rings (SSSR count). The highest BCUT2D eigenvalue weighted by molar-refractivity contribution is 5.79. The summed E-state index contributed by atoms with van der Waals surface area (Å²) in [5.41, 5.74) is 2.19. The molecule has 1 heteroatoms. The second-order valence-electron chi connectivity index (χ2n) is 2.58. The van der Waals surface area contributed by atoms with Gasteiger partial charge in [-0.15, -0.1) is 0 Å². The summed E-state index contributed by atoms with van der Waals surface area (Å²) in [6, 6.07) is 8.08. The van der Waals surface area contributed by atoms with E-state index in [1.807, 2.05) is 42.6 Å². The second kappa shape index (κ2) is 3.18. The predicted octanol–water partition coefficient (Wildman–Crippen LogP) is 2.97. The molecule has 1 aromatic carbocycles. The number of rotatable bonds is 0. The van der Waals surface area contributed by atoms with Crippen molar-refractivity contribution in [3.05, 3.63) is 48.1 Å². The summed E-state index contributed by atoms with van der Waals surface area (Å²) in [6.45, 7) is 0. The van der Waals surface area contributed by atoms with Crippen molar-refractivity contribution in [3.8, 4) is 0 Å². The van der Waals surface area contributed by atoms with Crippen LogP contribution in [0.15, 0.2) is 47.5 Å². The smallest absolute Gasteiger partial charge is 0.0701 e. The maximum Gasteiger partial charge on any atom is 0.0701 e. The largest absolute Gasteiger partial charge is 0.256 e. The third-order valence-corrected chi connectivity index (χ3v) is 1.73. The van der Waals surface area contributed by atoms with E-state index in [1.54, 1.807) is 0 Å². The van der Waals surface area contributed by atoms with Crippen LogP contribution >= 0.6 is 0 Å². The molecule has 1 heterocycles. The monoisotopic (exact) mass is 155 g/mol. The Morgan fingerprint density at radius 1 is 0.917 bits per heavy atom. The molecule has 0 fully saturated rings. The molecule has 0 bridgehead atoms. The normalized spacial score (nSPS) is 21.7. The summed E-state index contributed by atoms with van der Waals surface area (Å²) in [4.78, 5) is 4.28. The van der Waals surface area contributed by atoms with E-state index in [2.05, 4.69) is 17.1 Å². The third kappa shape index (κ3) is 1.35. The van der Waals surface area contributed by atoms with E-state index in [1.165, 1.54) is 0 Å². The van der Waals surface area contributed by atoms with Gasteiger partial charge in [-0.3, -0.25) is 4.99 Å². The Hall–Kier alpha value is -1.63. The van der Waals surface area contributed by atoms with Crippen LogP contribution in [0.4, 0.5) is 5.69 Å². The van der Waals surface area contributed by atoms with Gasteiger partial charge in [-0.25, -0.2) is 0 Å². The molecule has 1 aromatic rings. The highest BCUT2D eigenvalue weighted by Crippen LogP contribution is 2.20. The number of nitrogens with zero attached hydrogens (tertiary/aromatic N) is 1. The first-order valence-electron chi connectivity index (χ1n) is 3.93. The lowest BCUT2D eigenvalue weighted by atomic mass is 10.1. The Kier molecular flexibility index (Phi) is 1.87. The van der Waals surface area contributed by atoms with Crippen molar-refractivity contribution in [2.75, 3.05) is 0 Å². The Morgan fingerprint density at radius 3 is 2.83 bits per heavy atom. The van der Waals surface area contributed by atoms with E-state index in [4.69, 9.17) is 0 Å². The number of para-hydroxylation sites is 1. The van der Waals surface area contributed by atoms with Crippen LogP contribution in [-0.2, 0) is 0 Å². The van der Waals surface area contributed by atoms with Crippen LogP contribution < -0.4 is 0 Å². The molecule has 0 unspecified atom stereocenters. The molecule has 1 aliphatic rings. The fourth-order valence-electron chi connectivity index (χ4n) is 1.14. The summed E-state index contributed by atoms with van der Waals surface area (Å²) >= 11 is 0. The molecule has 0 aliphatic carbocycles. The second-order valence-corrected chi connectivity index (χ2v) is 2.58. The van der Waals surface area contributed by atoms with Gasteiger partial charge in [0, 0.05) is 11.8 Å². The van der Waals surface area contributed by atoms with Crippen LogP contribution in [-0.4, -0.2) is 6.21 Å². The maximum absolute atomic E-state index is 4.28. The summed E-state index contributed by atoms with van der Waals surface area (Å²) in [5.74, 6) is 0. The zero-order chi connectivity index (χ0) is 8.23. The summed E-state index contributed by atoms with van der Waals surface area (Å²) in [7, 11) is 0. The fraction of sp³-hybridized carbons (Fsp3) is 0. The van der Waals surface area contributed by atoms with E-state index in [0.29, 0.717) is 0 Å². The lowest BCUT2D eigenvalue weighted by Crippen LogP contribution is -1.76. The van der Waals surface area contributed by atoms with Gasteiger partial charge in [0.25, 0.3) is 0 Å². The average molecular weight is 155 g/mol. The van der Waals surface area contributed by atoms with Crippen LogP contribution in [0.1, 0.15) is 5.56 Å². The maximum atomic E-state index is 4.28. The summed E-state index contributed by atoms with van der Waals surface area (Å²) in [5, 5.41) is 0. The molecule has 0 spiro atoms. The van der Waals surface area contributed by atoms with Gasteiger partial charge in [0.15, 0.2) is 0 Å². The van der Waals surface area contributed by atoms with Gasteiger partial charge in [-0.2, -0.15) is 0 Å². The van der Waals surface area contributed by atoms with E-state index in [0.717, 1.165) is 11.3 Å². The van der Waals surface area contributed by atoms with Crippen molar-refractivity contribution in [1.82, 2.24) is 0 Å². The number of allylic oxidation sites excluding steroid dienone is 3. The van der Waals surface area contributed by atoms with Crippen LogP contribution in [0, 0.1) is 0 Å². The van der Waals surface area contributed by atoms with Gasteiger partial charge in [-0.05, 0) is 12.1 Å². The zero-order valence-corrected chi connectivity index (χ0v) is 6.64. The van der Waals surface area contributed by atoms with Gasteiger partial charge in [0.2, 0.25) is 0 Å². The Morgan fingerprint density at radius 2 is 1.83 bits per heavy atom. The van der Waals surface area contributed by atoms with Gasteiger partial charge >= 0.3 is 0 Å². The van der Waals surface area contributed by atoms with Crippen molar-refractivity contribution in [2.45, 2.75) is 0 Å². The molecule has 0 radical (unpaired) electrons. The van der Waals surface area contributed by atoms with Gasteiger partial charge < -0.3 is 0 Å². The van der Waals surface area contributed by atoms with Crippen molar-refractivity contribution in [2.24, 2.45) is 4.99 Å². The van der Waals surface area contributed by atoms with Gasteiger partial charge in [-0.1, -0.05) is 36.4 Å². The van der Waals surface area contributed by atoms with Gasteiger partial charge in [0.05, 0.1) is 5.69 Å². The molecule has 0 saturated heterocycles. The van der Waals surface area contributed by atoms with E-state index < -0.39 is 0 Å². The first-order chi connectivity index (χ1) is 5.97. The molecule has 58 valence electrons. The molecule has 0 atom stereocenters. The van der Waals surface area contributed by atoms with E-state index in [9.17, 15) is 0 Å². The van der Waals surface area contributed by atoms with Crippen LogP contribution in [0.3, 0.4) is 0 Å². The Bertz CT molecular complexity index is 324. The molecular formula is C11H9N. The average Bonchev–Trinajstić information content (AvgIpc) is 2.06. The van der Waals surface area contributed by atoms with Crippen LogP contribution in [0.2, 0.25) is 0 Å². The summed E-state index contributed by atoms with van der Waals surface area (Å²) in [6.07, 6.45) is 9.78. The lowest BCUT2D eigenvalue weighted by Gasteiger charge is -1.99. The molecule has 0 amide bonds. The standard InChI is InChI=1S/C11H9N/c1-2-6-10-7-3-4-8-11(10)12-9-5-1/h1-9H/b2-1?,5-1-,6-2-,9-5?,10-6?,12-9-,12-11?. The number of hydrogen-bond acceptors (Lipinski definition) is 1. The SMILES string of the molecule is C1=C\C=N/c2ccccc2\C=C/1. The highest BCUT2D eigenvalue weighted by Gasteiger charge is 1.94. The van der Waals surface area contributed by atoms with Crippen LogP contribution in [0.5, 0.6) is 0 Å². The predicted molar refractivity (Wildman–Crippen MR) is 52.8 cm³/mol. The molecular weight excluding hydrogens is 146 g/mol. The molecule has 0 aromatic heterocycles.